The van der Waals surface area contributed by atoms with E-state index >= 15 is 0 Å². The first kappa shape index (κ1) is 11.7. The molecule has 0 bridgehead atoms. The molecule has 0 saturated carbocycles. The molecule has 80 valence electrons. The zero-order valence-electron chi connectivity index (χ0n) is 8.87. The SMILES string of the molecule is CCC(CC)C(O)c1c(Br)cnn1C. The minimum atomic E-state index is -0.424. The standard InChI is InChI=1S/C10H17BrN2O/c1-4-7(5-2)10(14)9-8(11)6-12-13(9)3/h6-7,10,14H,4-5H2,1-3H3. The van der Waals surface area contributed by atoms with E-state index in [2.05, 4.69) is 34.9 Å². The Balaban J connectivity index is 2.92. The van der Waals surface area contributed by atoms with Crippen molar-refractivity contribution in [3.05, 3.63) is 16.4 Å². The smallest absolute Gasteiger partial charge is 0.0995 e. The molecule has 1 rings (SSSR count). The molecule has 0 radical (unpaired) electrons. The molecule has 3 nitrogen and oxygen atoms in total. The summed E-state index contributed by atoms with van der Waals surface area (Å²) in [4.78, 5) is 0. The second-order valence-electron chi connectivity index (χ2n) is 3.52. The lowest BCUT2D eigenvalue weighted by Gasteiger charge is -2.20. The van der Waals surface area contributed by atoms with Crippen LogP contribution in [0.25, 0.3) is 0 Å². The predicted molar refractivity (Wildman–Crippen MR) is 59.9 cm³/mol. The van der Waals surface area contributed by atoms with Crippen molar-refractivity contribution in [3.63, 3.8) is 0 Å². The molecule has 1 aromatic heterocycles. The molecule has 1 aromatic rings. The molecule has 0 saturated heterocycles. The number of halogens is 1. The van der Waals surface area contributed by atoms with Gasteiger partial charge in [0.1, 0.15) is 0 Å². The molecule has 0 aromatic carbocycles. The van der Waals surface area contributed by atoms with E-state index in [-0.39, 0.29) is 0 Å². The van der Waals surface area contributed by atoms with Gasteiger partial charge in [-0.05, 0) is 21.8 Å². The third kappa shape index (κ3) is 2.17. The number of nitrogens with zero attached hydrogens (tertiary/aromatic N) is 2. The Morgan fingerprint density at radius 1 is 1.50 bits per heavy atom. The Morgan fingerprint density at radius 3 is 2.43 bits per heavy atom. The summed E-state index contributed by atoms with van der Waals surface area (Å²) in [5.74, 6) is 0.307. The Hall–Kier alpha value is -0.350. The van der Waals surface area contributed by atoms with Gasteiger partial charge in [0.05, 0.1) is 22.5 Å². The Bertz CT molecular complexity index is 275. The number of aryl methyl sites for hydroxylation is 1. The van der Waals surface area contributed by atoms with Gasteiger partial charge in [-0.3, -0.25) is 4.68 Å². The van der Waals surface area contributed by atoms with E-state index in [0.717, 1.165) is 23.0 Å². The third-order valence-electron chi connectivity index (χ3n) is 2.71. The first-order chi connectivity index (χ1) is 6.61. The summed E-state index contributed by atoms with van der Waals surface area (Å²) in [5, 5.41) is 14.2. The number of hydrogen-bond acceptors (Lipinski definition) is 2. The zero-order chi connectivity index (χ0) is 10.7. The van der Waals surface area contributed by atoms with Crippen LogP contribution in [0.4, 0.5) is 0 Å². The number of aromatic nitrogens is 2. The van der Waals surface area contributed by atoms with Crippen LogP contribution in [0.2, 0.25) is 0 Å². The van der Waals surface area contributed by atoms with Crippen molar-refractivity contribution in [1.29, 1.82) is 0 Å². The molecule has 4 heteroatoms. The van der Waals surface area contributed by atoms with Gasteiger partial charge in [0.25, 0.3) is 0 Å². The van der Waals surface area contributed by atoms with Gasteiger partial charge in [-0.1, -0.05) is 26.7 Å². The third-order valence-corrected chi connectivity index (χ3v) is 3.32. The first-order valence-electron chi connectivity index (χ1n) is 4.97. The van der Waals surface area contributed by atoms with Gasteiger partial charge < -0.3 is 5.11 Å². The summed E-state index contributed by atoms with van der Waals surface area (Å²) in [5.41, 5.74) is 0.874. The van der Waals surface area contributed by atoms with E-state index in [1.807, 2.05) is 7.05 Å². The molecule has 0 aliphatic heterocycles. The Labute approximate surface area is 93.3 Å². The molecule has 0 spiro atoms. The van der Waals surface area contributed by atoms with E-state index in [4.69, 9.17) is 0 Å². The molecular formula is C10H17BrN2O. The van der Waals surface area contributed by atoms with Crippen LogP contribution < -0.4 is 0 Å². The van der Waals surface area contributed by atoms with Crippen molar-refractivity contribution in [1.82, 2.24) is 9.78 Å². The molecule has 0 aliphatic carbocycles. The highest BCUT2D eigenvalue weighted by Gasteiger charge is 2.22. The first-order valence-corrected chi connectivity index (χ1v) is 5.76. The number of aliphatic hydroxyl groups is 1. The van der Waals surface area contributed by atoms with Gasteiger partial charge in [0.2, 0.25) is 0 Å². The monoisotopic (exact) mass is 260 g/mol. The summed E-state index contributed by atoms with van der Waals surface area (Å²) < 4.78 is 2.62. The molecule has 0 aliphatic rings. The average Bonchev–Trinajstić information content (AvgIpc) is 2.48. The molecule has 1 atom stereocenters. The Morgan fingerprint density at radius 2 is 2.07 bits per heavy atom. The fourth-order valence-corrected chi connectivity index (χ4v) is 2.29. The molecule has 1 N–H and O–H groups in total. The normalized spacial score (nSPS) is 13.6. The van der Waals surface area contributed by atoms with Gasteiger partial charge >= 0.3 is 0 Å². The summed E-state index contributed by atoms with van der Waals surface area (Å²) in [6.07, 6.45) is 3.26. The van der Waals surface area contributed by atoms with Crippen molar-refractivity contribution in [3.8, 4) is 0 Å². The molecule has 1 heterocycles. The minimum absolute atomic E-state index is 0.307. The summed E-state index contributed by atoms with van der Waals surface area (Å²) in [6.45, 7) is 4.20. The molecule has 14 heavy (non-hydrogen) atoms. The highest BCUT2D eigenvalue weighted by molar-refractivity contribution is 9.10. The lowest BCUT2D eigenvalue weighted by atomic mass is 9.94. The lowest BCUT2D eigenvalue weighted by Crippen LogP contribution is -2.15. The van der Waals surface area contributed by atoms with Crippen LogP contribution in [0.5, 0.6) is 0 Å². The molecule has 1 unspecified atom stereocenters. The van der Waals surface area contributed by atoms with Crippen LogP contribution in [0.15, 0.2) is 10.7 Å². The van der Waals surface area contributed by atoms with Gasteiger partial charge in [0.15, 0.2) is 0 Å². The van der Waals surface area contributed by atoms with Crippen LogP contribution in [0.1, 0.15) is 38.5 Å². The maximum Gasteiger partial charge on any atom is 0.0995 e. The van der Waals surface area contributed by atoms with Crippen molar-refractivity contribution >= 4 is 15.9 Å². The lowest BCUT2D eigenvalue weighted by molar-refractivity contribution is 0.0946. The molecule has 0 fully saturated rings. The maximum absolute atomic E-state index is 10.1. The summed E-state index contributed by atoms with van der Waals surface area (Å²) in [6, 6.07) is 0. The topological polar surface area (TPSA) is 38.1 Å². The predicted octanol–water partition coefficient (Wildman–Crippen LogP) is 2.65. The van der Waals surface area contributed by atoms with E-state index in [1.54, 1.807) is 10.9 Å². The van der Waals surface area contributed by atoms with Gasteiger partial charge in [-0.25, -0.2) is 0 Å². The van der Waals surface area contributed by atoms with E-state index < -0.39 is 6.10 Å². The highest BCUT2D eigenvalue weighted by Crippen LogP contribution is 2.31. The fourth-order valence-electron chi connectivity index (χ4n) is 1.71. The zero-order valence-corrected chi connectivity index (χ0v) is 10.5. The molecular weight excluding hydrogens is 244 g/mol. The quantitative estimate of drug-likeness (QED) is 0.904. The van der Waals surface area contributed by atoms with Crippen LogP contribution in [-0.4, -0.2) is 14.9 Å². The number of rotatable bonds is 4. The van der Waals surface area contributed by atoms with E-state index in [9.17, 15) is 5.11 Å². The van der Waals surface area contributed by atoms with E-state index in [1.165, 1.54) is 0 Å². The van der Waals surface area contributed by atoms with Crippen molar-refractivity contribution < 1.29 is 5.11 Å². The second-order valence-corrected chi connectivity index (χ2v) is 4.38. The van der Waals surface area contributed by atoms with Crippen LogP contribution in [0, 0.1) is 5.92 Å². The van der Waals surface area contributed by atoms with Crippen molar-refractivity contribution in [2.45, 2.75) is 32.8 Å². The number of aliphatic hydroxyl groups excluding tert-OH is 1. The summed E-state index contributed by atoms with van der Waals surface area (Å²) in [7, 11) is 1.85. The largest absolute Gasteiger partial charge is 0.386 e. The maximum atomic E-state index is 10.1. The van der Waals surface area contributed by atoms with Crippen LogP contribution >= 0.6 is 15.9 Å². The average molecular weight is 261 g/mol. The van der Waals surface area contributed by atoms with Crippen LogP contribution in [-0.2, 0) is 7.05 Å². The highest BCUT2D eigenvalue weighted by atomic mass is 79.9. The van der Waals surface area contributed by atoms with E-state index in [0.29, 0.717) is 5.92 Å². The van der Waals surface area contributed by atoms with Gasteiger partial charge in [-0.2, -0.15) is 5.10 Å². The van der Waals surface area contributed by atoms with Crippen molar-refractivity contribution in [2.75, 3.05) is 0 Å². The fraction of sp³-hybridized carbons (Fsp3) is 0.700. The van der Waals surface area contributed by atoms with Crippen molar-refractivity contribution in [2.24, 2.45) is 13.0 Å². The number of hydrogen-bond donors (Lipinski definition) is 1. The van der Waals surface area contributed by atoms with Gasteiger partial charge in [-0.15, -0.1) is 0 Å². The van der Waals surface area contributed by atoms with Gasteiger partial charge in [0, 0.05) is 7.05 Å². The van der Waals surface area contributed by atoms with Crippen LogP contribution in [0.3, 0.4) is 0 Å². The minimum Gasteiger partial charge on any atom is -0.386 e. The second kappa shape index (κ2) is 4.94. The molecule has 0 amide bonds. The summed E-state index contributed by atoms with van der Waals surface area (Å²) >= 11 is 3.40. The Kier molecular flexibility index (Phi) is 4.13.